The molecule has 1 aromatic heterocycles. The number of carbonyl (C=O) groups is 1. The Morgan fingerprint density at radius 3 is 3.17 bits per heavy atom. The lowest BCUT2D eigenvalue weighted by molar-refractivity contribution is 0.0782. The van der Waals surface area contributed by atoms with Crippen LogP contribution in [0.25, 0.3) is 10.6 Å². The van der Waals surface area contributed by atoms with Crippen LogP contribution in [-0.2, 0) is 0 Å². The molecule has 2 aromatic rings. The van der Waals surface area contributed by atoms with Crippen molar-refractivity contribution in [1.29, 1.82) is 0 Å². The number of hydrogen-bond donors (Lipinski definition) is 1. The van der Waals surface area contributed by atoms with E-state index in [0.717, 1.165) is 42.4 Å². The van der Waals surface area contributed by atoms with Crippen molar-refractivity contribution in [2.75, 3.05) is 26.7 Å². The highest BCUT2D eigenvalue weighted by Gasteiger charge is 2.28. The minimum atomic E-state index is -0.0180. The molecule has 0 bridgehead atoms. The second-order valence-electron chi connectivity index (χ2n) is 5.67. The molecule has 6 heteroatoms. The number of methoxy groups -OCH3 is 1. The van der Waals surface area contributed by atoms with Crippen molar-refractivity contribution in [1.82, 2.24) is 15.2 Å². The molecule has 2 heterocycles. The van der Waals surface area contributed by atoms with Crippen LogP contribution in [0.5, 0.6) is 5.75 Å². The van der Waals surface area contributed by atoms with Crippen molar-refractivity contribution < 1.29 is 9.53 Å². The van der Waals surface area contributed by atoms with Crippen LogP contribution in [-0.4, -0.2) is 42.5 Å². The molecule has 0 spiro atoms. The predicted octanol–water partition coefficient (Wildman–Crippen LogP) is 2.46. The molecule has 1 amide bonds. The van der Waals surface area contributed by atoms with Gasteiger partial charge >= 0.3 is 0 Å². The first kappa shape index (κ1) is 16.3. The van der Waals surface area contributed by atoms with Gasteiger partial charge in [0.15, 0.2) is 0 Å². The lowest BCUT2D eigenvalue weighted by atomic mass is 10.1. The predicted molar refractivity (Wildman–Crippen MR) is 94.9 cm³/mol. The van der Waals surface area contributed by atoms with E-state index in [1.807, 2.05) is 34.5 Å². The zero-order chi connectivity index (χ0) is 16.9. The quantitative estimate of drug-likeness (QED) is 0.670. The van der Waals surface area contributed by atoms with Crippen LogP contribution in [0.4, 0.5) is 0 Å². The van der Waals surface area contributed by atoms with Gasteiger partial charge in [-0.25, -0.2) is 4.98 Å². The Balaban J connectivity index is 1.72. The van der Waals surface area contributed by atoms with Gasteiger partial charge in [-0.05, 0) is 24.5 Å². The van der Waals surface area contributed by atoms with Crippen LogP contribution in [0.15, 0.2) is 29.6 Å². The molecule has 1 saturated heterocycles. The van der Waals surface area contributed by atoms with Crippen molar-refractivity contribution in [2.45, 2.75) is 6.42 Å². The zero-order valence-corrected chi connectivity index (χ0v) is 14.3. The second kappa shape index (κ2) is 7.37. The molecule has 1 N–H and O–H groups in total. The second-order valence-corrected chi connectivity index (χ2v) is 6.53. The fourth-order valence-electron chi connectivity index (χ4n) is 2.87. The highest BCUT2D eigenvalue weighted by Crippen LogP contribution is 2.32. The summed E-state index contributed by atoms with van der Waals surface area (Å²) in [7, 11) is 1.63. The van der Waals surface area contributed by atoms with Crippen molar-refractivity contribution in [3.05, 3.63) is 35.3 Å². The summed E-state index contributed by atoms with van der Waals surface area (Å²) in [6.07, 6.45) is 6.18. The van der Waals surface area contributed by atoms with Crippen LogP contribution >= 0.6 is 11.3 Å². The summed E-state index contributed by atoms with van der Waals surface area (Å²) in [6, 6.07) is 10.1. The fraction of sp³-hybridized carbons (Fsp3) is 0.333. The number of ether oxygens (including phenoxy) is 1. The Labute approximate surface area is 145 Å². The molecule has 1 aliphatic rings. The van der Waals surface area contributed by atoms with Gasteiger partial charge in [0.1, 0.15) is 16.5 Å². The maximum absolute atomic E-state index is 12.6. The molecule has 1 aliphatic heterocycles. The Morgan fingerprint density at radius 1 is 1.54 bits per heavy atom. The molecular weight excluding hydrogens is 322 g/mol. The van der Waals surface area contributed by atoms with Gasteiger partial charge in [0.05, 0.1) is 12.7 Å². The number of para-hydroxylation sites is 1. The molecule has 124 valence electrons. The molecule has 0 aliphatic carbocycles. The number of hydrogen-bond acceptors (Lipinski definition) is 5. The van der Waals surface area contributed by atoms with E-state index in [1.165, 1.54) is 11.3 Å². The normalized spacial score (nSPS) is 16.7. The van der Waals surface area contributed by atoms with Crippen LogP contribution in [0.2, 0.25) is 0 Å². The third kappa shape index (κ3) is 3.36. The molecule has 0 unspecified atom stereocenters. The number of carbonyl (C=O) groups excluding carboxylic acids is 1. The Kier molecular flexibility index (Phi) is 5.02. The summed E-state index contributed by atoms with van der Waals surface area (Å²) in [5.74, 6) is 1.14. The Hall–Kier alpha value is -2.52. The number of amides is 1. The van der Waals surface area contributed by atoms with E-state index in [1.54, 1.807) is 7.11 Å². The lowest BCUT2D eigenvalue weighted by Gasteiger charge is -2.15. The minimum Gasteiger partial charge on any atom is -0.496 e. The van der Waals surface area contributed by atoms with E-state index in [-0.39, 0.29) is 5.91 Å². The topological polar surface area (TPSA) is 54.5 Å². The molecule has 0 saturated carbocycles. The van der Waals surface area contributed by atoms with Gasteiger partial charge < -0.3 is 15.0 Å². The number of aromatic nitrogens is 1. The zero-order valence-electron chi connectivity index (χ0n) is 13.5. The lowest BCUT2D eigenvalue weighted by Crippen LogP contribution is -2.30. The van der Waals surface area contributed by atoms with Crippen molar-refractivity contribution in [3.8, 4) is 28.8 Å². The van der Waals surface area contributed by atoms with Crippen LogP contribution in [0.3, 0.4) is 0 Å². The summed E-state index contributed by atoms with van der Waals surface area (Å²) < 4.78 is 5.37. The van der Waals surface area contributed by atoms with E-state index in [2.05, 4.69) is 16.3 Å². The maximum Gasteiger partial charge on any atom is 0.273 e. The van der Waals surface area contributed by atoms with Crippen LogP contribution in [0.1, 0.15) is 16.9 Å². The van der Waals surface area contributed by atoms with E-state index < -0.39 is 0 Å². The molecular formula is C18H19N3O2S. The van der Waals surface area contributed by atoms with Gasteiger partial charge in [-0.15, -0.1) is 11.3 Å². The number of thiazole rings is 1. The molecule has 0 radical (unpaired) electrons. The van der Waals surface area contributed by atoms with Gasteiger partial charge in [-0.2, -0.15) is 0 Å². The summed E-state index contributed by atoms with van der Waals surface area (Å²) in [5, 5.41) is 5.50. The van der Waals surface area contributed by atoms with Crippen molar-refractivity contribution in [2.24, 2.45) is 5.92 Å². The smallest absolute Gasteiger partial charge is 0.273 e. The summed E-state index contributed by atoms with van der Waals surface area (Å²) in [5.41, 5.74) is 1.40. The summed E-state index contributed by atoms with van der Waals surface area (Å²) >= 11 is 1.46. The van der Waals surface area contributed by atoms with Gasteiger partial charge in [0.25, 0.3) is 5.91 Å². The molecule has 3 rings (SSSR count). The molecule has 1 fully saturated rings. The largest absolute Gasteiger partial charge is 0.496 e. The average molecular weight is 341 g/mol. The van der Waals surface area contributed by atoms with Crippen molar-refractivity contribution in [3.63, 3.8) is 0 Å². The first-order chi connectivity index (χ1) is 11.7. The minimum absolute atomic E-state index is 0.0180. The monoisotopic (exact) mass is 341 g/mol. The summed E-state index contributed by atoms with van der Waals surface area (Å²) in [4.78, 5) is 19.0. The fourth-order valence-corrected chi connectivity index (χ4v) is 3.69. The van der Waals surface area contributed by atoms with Gasteiger partial charge in [-0.3, -0.25) is 4.79 Å². The third-order valence-electron chi connectivity index (χ3n) is 4.13. The maximum atomic E-state index is 12.6. The van der Waals surface area contributed by atoms with Gasteiger partial charge in [0, 0.05) is 31.1 Å². The van der Waals surface area contributed by atoms with E-state index >= 15 is 0 Å². The number of likely N-dealkylation sites (tertiary alicyclic amines) is 1. The van der Waals surface area contributed by atoms with Crippen molar-refractivity contribution >= 4 is 17.2 Å². The number of benzene rings is 1. The third-order valence-corrected chi connectivity index (χ3v) is 5.00. The van der Waals surface area contributed by atoms with Gasteiger partial charge in [0.2, 0.25) is 0 Å². The highest BCUT2D eigenvalue weighted by molar-refractivity contribution is 7.13. The SMILES string of the molecule is C#CNC[C@@H]1CCN(C(=O)c2csc(-c3ccccc3OC)n2)C1. The standard InChI is InChI=1S/C18H19N3O2S/c1-3-19-10-13-8-9-21(11-13)18(22)15-12-24-17(20-15)14-6-4-5-7-16(14)23-2/h1,4-7,12-13,19H,8-11H2,2H3/t13-/m0/s1. The molecule has 5 nitrogen and oxygen atoms in total. The van der Waals surface area contributed by atoms with E-state index in [0.29, 0.717) is 11.6 Å². The number of rotatable bonds is 5. The summed E-state index contributed by atoms with van der Waals surface area (Å²) in [6.45, 7) is 2.20. The van der Waals surface area contributed by atoms with E-state index in [9.17, 15) is 4.79 Å². The number of terminal acetylenes is 1. The average Bonchev–Trinajstić information content (AvgIpc) is 3.29. The first-order valence-corrected chi connectivity index (χ1v) is 8.67. The molecule has 1 atom stereocenters. The van der Waals surface area contributed by atoms with Crippen LogP contribution < -0.4 is 10.1 Å². The van der Waals surface area contributed by atoms with Crippen LogP contribution in [0, 0.1) is 18.4 Å². The number of nitrogens with one attached hydrogen (secondary N) is 1. The highest BCUT2D eigenvalue weighted by atomic mass is 32.1. The first-order valence-electron chi connectivity index (χ1n) is 7.79. The Bertz CT molecular complexity index is 766. The van der Waals surface area contributed by atoms with E-state index in [4.69, 9.17) is 11.2 Å². The number of nitrogens with zero attached hydrogens (tertiary/aromatic N) is 2. The Morgan fingerprint density at radius 2 is 2.38 bits per heavy atom. The van der Waals surface area contributed by atoms with Gasteiger partial charge in [-0.1, -0.05) is 18.6 Å². The molecule has 24 heavy (non-hydrogen) atoms. The molecule has 1 aromatic carbocycles.